The van der Waals surface area contributed by atoms with E-state index in [1.54, 1.807) is 18.5 Å². The van der Waals surface area contributed by atoms with Crippen LogP contribution in [-0.2, 0) is 4.79 Å². The van der Waals surface area contributed by atoms with E-state index in [9.17, 15) is 9.59 Å². The topological polar surface area (TPSA) is 99.1 Å². The quantitative estimate of drug-likeness (QED) is 0.711. The van der Waals surface area contributed by atoms with Crippen LogP contribution < -0.4 is 11.5 Å². The standard InChI is InChI=1S/C4H4N2OS.C3H7NO/c5-3(7)4-6-1-2-8-4;1-2-3(4)5/h1-2H,(H2,5,7);2H2,1H3,(H2,4,5). The Hall–Kier alpha value is -1.43. The molecule has 72 valence electrons. The van der Waals surface area contributed by atoms with Crippen LogP contribution in [0, 0.1) is 0 Å². The normalized spacial score (nSPS) is 8.38. The van der Waals surface area contributed by atoms with Gasteiger partial charge in [0.2, 0.25) is 5.91 Å². The van der Waals surface area contributed by atoms with Crippen molar-refractivity contribution in [2.45, 2.75) is 13.3 Å². The summed E-state index contributed by atoms with van der Waals surface area (Å²) in [6.45, 7) is 1.72. The molecule has 1 heterocycles. The summed E-state index contributed by atoms with van der Waals surface area (Å²) in [6.07, 6.45) is 1.99. The summed E-state index contributed by atoms with van der Waals surface area (Å²) in [5, 5.41) is 2.07. The van der Waals surface area contributed by atoms with Gasteiger partial charge in [-0.3, -0.25) is 9.59 Å². The summed E-state index contributed by atoms with van der Waals surface area (Å²) >= 11 is 1.25. The van der Waals surface area contributed by atoms with Gasteiger partial charge < -0.3 is 11.5 Å². The molecule has 6 heteroatoms. The molecule has 5 nitrogen and oxygen atoms in total. The number of primary amides is 2. The Morgan fingerprint density at radius 2 is 2.08 bits per heavy atom. The van der Waals surface area contributed by atoms with Crippen molar-refractivity contribution < 1.29 is 9.59 Å². The van der Waals surface area contributed by atoms with E-state index in [2.05, 4.69) is 10.7 Å². The predicted octanol–water partition coefficient (Wildman–Crippen LogP) is 0.124. The number of carbonyl (C=O) groups is 2. The van der Waals surface area contributed by atoms with E-state index in [0.29, 0.717) is 11.4 Å². The molecule has 0 saturated heterocycles. The zero-order chi connectivity index (χ0) is 10.3. The van der Waals surface area contributed by atoms with Crippen LogP contribution in [0.25, 0.3) is 0 Å². The molecule has 0 aliphatic carbocycles. The summed E-state index contributed by atoms with van der Waals surface area (Å²) in [4.78, 5) is 23.5. The SMILES string of the molecule is CCC(N)=O.NC(=O)c1nccs1. The molecular weight excluding hydrogens is 190 g/mol. The molecule has 0 saturated carbocycles. The zero-order valence-corrected chi connectivity index (χ0v) is 8.00. The number of carbonyl (C=O) groups excluding carboxylic acids is 2. The Morgan fingerprint density at radius 3 is 2.23 bits per heavy atom. The summed E-state index contributed by atoms with van der Waals surface area (Å²) in [7, 11) is 0. The highest BCUT2D eigenvalue weighted by atomic mass is 32.1. The first-order chi connectivity index (χ1) is 6.07. The third-order valence-corrected chi connectivity index (χ3v) is 1.78. The molecule has 0 radical (unpaired) electrons. The number of rotatable bonds is 2. The first-order valence-electron chi connectivity index (χ1n) is 3.55. The Balaban J connectivity index is 0.000000252. The van der Waals surface area contributed by atoms with Crippen LogP contribution in [-0.4, -0.2) is 16.8 Å². The van der Waals surface area contributed by atoms with Crippen molar-refractivity contribution in [3.05, 3.63) is 16.6 Å². The molecule has 0 fully saturated rings. The lowest BCUT2D eigenvalue weighted by molar-refractivity contribution is -0.117. The number of amides is 2. The molecule has 2 amide bonds. The maximum atomic E-state index is 10.2. The number of hydrogen-bond acceptors (Lipinski definition) is 4. The van der Waals surface area contributed by atoms with Crippen LogP contribution in [0.1, 0.15) is 23.1 Å². The van der Waals surface area contributed by atoms with Gasteiger partial charge in [-0.05, 0) is 0 Å². The van der Waals surface area contributed by atoms with Gasteiger partial charge >= 0.3 is 0 Å². The number of nitrogens with zero attached hydrogens (tertiary/aromatic N) is 1. The lowest BCUT2D eigenvalue weighted by atomic mass is 10.5. The fraction of sp³-hybridized carbons (Fsp3) is 0.286. The molecule has 4 N–H and O–H groups in total. The summed E-state index contributed by atoms with van der Waals surface area (Å²) < 4.78 is 0. The maximum Gasteiger partial charge on any atom is 0.277 e. The number of thiazole rings is 1. The predicted molar refractivity (Wildman–Crippen MR) is 50.1 cm³/mol. The second-order valence-electron chi connectivity index (χ2n) is 2.02. The zero-order valence-electron chi connectivity index (χ0n) is 7.19. The second-order valence-corrected chi connectivity index (χ2v) is 2.92. The fourth-order valence-electron chi connectivity index (χ4n) is 0.345. The second kappa shape index (κ2) is 6.13. The summed E-state index contributed by atoms with van der Waals surface area (Å²) in [6, 6.07) is 0. The van der Waals surface area contributed by atoms with Crippen molar-refractivity contribution in [3.8, 4) is 0 Å². The number of aromatic nitrogens is 1. The molecule has 0 aliphatic heterocycles. The van der Waals surface area contributed by atoms with Crippen molar-refractivity contribution >= 4 is 23.2 Å². The van der Waals surface area contributed by atoms with E-state index < -0.39 is 5.91 Å². The van der Waals surface area contributed by atoms with Crippen molar-refractivity contribution in [3.63, 3.8) is 0 Å². The van der Waals surface area contributed by atoms with E-state index in [1.807, 2.05) is 0 Å². The molecule has 1 rings (SSSR count). The molecule has 0 unspecified atom stereocenters. The van der Waals surface area contributed by atoms with Crippen LogP contribution in [0.4, 0.5) is 0 Å². The highest BCUT2D eigenvalue weighted by Crippen LogP contribution is 2.00. The average Bonchev–Trinajstić information content (AvgIpc) is 2.57. The molecule has 0 spiro atoms. The van der Waals surface area contributed by atoms with Crippen LogP contribution >= 0.6 is 11.3 Å². The lowest BCUT2D eigenvalue weighted by Gasteiger charge is -1.78. The van der Waals surface area contributed by atoms with Gasteiger partial charge in [-0.15, -0.1) is 11.3 Å². The van der Waals surface area contributed by atoms with Crippen LogP contribution in [0.15, 0.2) is 11.6 Å². The first-order valence-corrected chi connectivity index (χ1v) is 4.43. The molecule has 0 aromatic carbocycles. The average molecular weight is 201 g/mol. The molecule has 0 bridgehead atoms. The fourth-order valence-corrected chi connectivity index (χ4v) is 0.834. The van der Waals surface area contributed by atoms with Crippen molar-refractivity contribution in [2.75, 3.05) is 0 Å². The molecule has 1 aromatic rings. The highest BCUT2D eigenvalue weighted by Gasteiger charge is 1.98. The Bertz CT molecular complexity index is 271. The van der Waals surface area contributed by atoms with Crippen molar-refractivity contribution in [2.24, 2.45) is 11.5 Å². The van der Waals surface area contributed by atoms with Gasteiger partial charge in [0.15, 0.2) is 5.01 Å². The van der Waals surface area contributed by atoms with E-state index in [4.69, 9.17) is 5.73 Å². The van der Waals surface area contributed by atoms with Gasteiger partial charge in [0.1, 0.15) is 0 Å². The van der Waals surface area contributed by atoms with Crippen molar-refractivity contribution in [1.29, 1.82) is 0 Å². The maximum absolute atomic E-state index is 10.2. The van der Waals surface area contributed by atoms with Crippen LogP contribution in [0.3, 0.4) is 0 Å². The number of hydrogen-bond donors (Lipinski definition) is 2. The van der Waals surface area contributed by atoms with Gasteiger partial charge in [0, 0.05) is 18.0 Å². The number of nitrogens with two attached hydrogens (primary N) is 2. The van der Waals surface area contributed by atoms with Crippen molar-refractivity contribution in [1.82, 2.24) is 4.98 Å². The third kappa shape index (κ3) is 5.80. The molecule has 0 aliphatic rings. The minimum atomic E-state index is -0.458. The summed E-state index contributed by atoms with van der Waals surface area (Å²) in [5.41, 5.74) is 9.52. The van der Waals surface area contributed by atoms with Gasteiger partial charge in [-0.2, -0.15) is 0 Å². The minimum Gasteiger partial charge on any atom is -0.370 e. The van der Waals surface area contributed by atoms with E-state index in [-0.39, 0.29) is 5.91 Å². The Morgan fingerprint density at radius 1 is 1.54 bits per heavy atom. The Labute approximate surface area is 79.8 Å². The molecular formula is C7H11N3O2S. The lowest BCUT2D eigenvalue weighted by Crippen LogP contribution is -2.09. The largest absolute Gasteiger partial charge is 0.370 e. The smallest absolute Gasteiger partial charge is 0.277 e. The van der Waals surface area contributed by atoms with Crippen LogP contribution in [0.2, 0.25) is 0 Å². The van der Waals surface area contributed by atoms with Gasteiger partial charge in [-0.25, -0.2) is 4.98 Å². The summed E-state index contributed by atoms with van der Waals surface area (Å²) in [5.74, 6) is -0.704. The van der Waals surface area contributed by atoms with E-state index in [0.717, 1.165) is 0 Å². The van der Waals surface area contributed by atoms with Gasteiger partial charge in [-0.1, -0.05) is 6.92 Å². The third-order valence-electron chi connectivity index (χ3n) is 0.992. The molecule has 1 aromatic heterocycles. The van der Waals surface area contributed by atoms with E-state index in [1.165, 1.54) is 11.3 Å². The first kappa shape index (κ1) is 11.6. The van der Waals surface area contributed by atoms with Crippen LogP contribution in [0.5, 0.6) is 0 Å². The minimum absolute atomic E-state index is 0.245. The van der Waals surface area contributed by atoms with E-state index >= 15 is 0 Å². The molecule has 13 heavy (non-hydrogen) atoms. The Kier molecular flexibility index (Phi) is 5.45. The van der Waals surface area contributed by atoms with Gasteiger partial charge in [0.25, 0.3) is 5.91 Å². The van der Waals surface area contributed by atoms with Gasteiger partial charge in [0.05, 0.1) is 0 Å². The molecule has 0 atom stereocenters. The monoisotopic (exact) mass is 201 g/mol. The highest BCUT2D eigenvalue weighted by molar-refractivity contribution is 7.11.